The molecule has 0 saturated carbocycles. The SMILES string of the molecule is Cc1ccc(C(=O)[C@@H](OC(=O)COc2ccc(Cl)c(C)c2)c2ccc(C)cc2)cc1. The Morgan fingerprint density at radius 3 is 2.07 bits per heavy atom. The van der Waals surface area contributed by atoms with Crippen LogP contribution in [0.3, 0.4) is 0 Å². The normalized spacial score (nSPS) is 11.6. The van der Waals surface area contributed by atoms with Crippen LogP contribution in [0.2, 0.25) is 5.02 Å². The number of esters is 1. The van der Waals surface area contributed by atoms with Crippen molar-refractivity contribution in [3.05, 3.63) is 99.6 Å². The summed E-state index contributed by atoms with van der Waals surface area (Å²) in [6.45, 7) is 5.43. The molecular formula is C25H23ClO4. The second-order valence-electron chi connectivity index (χ2n) is 7.21. The summed E-state index contributed by atoms with van der Waals surface area (Å²) in [7, 11) is 0. The molecule has 154 valence electrons. The van der Waals surface area contributed by atoms with Gasteiger partial charge in [0, 0.05) is 16.1 Å². The lowest BCUT2D eigenvalue weighted by Crippen LogP contribution is -2.23. The third-order valence-electron chi connectivity index (χ3n) is 4.69. The molecule has 0 amide bonds. The zero-order chi connectivity index (χ0) is 21.7. The Labute approximate surface area is 181 Å². The van der Waals surface area contributed by atoms with Gasteiger partial charge in [-0.1, -0.05) is 71.3 Å². The van der Waals surface area contributed by atoms with Crippen LogP contribution in [0, 0.1) is 20.8 Å². The number of rotatable bonds is 7. The minimum absolute atomic E-state index is 0.283. The van der Waals surface area contributed by atoms with E-state index in [0.717, 1.165) is 16.7 Å². The molecule has 0 aliphatic rings. The number of hydrogen-bond donors (Lipinski definition) is 0. The molecule has 3 rings (SSSR count). The minimum atomic E-state index is -1.05. The van der Waals surface area contributed by atoms with Gasteiger partial charge >= 0.3 is 5.97 Å². The molecule has 0 bridgehead atoms. The molecule has 3 aromatic rings. The maximum Gasteiger partial charge on any atom is 0.345 e. The molecule has 0 radical (unpaired) electrons. The molecule has 0 aliphatic heterocycles. The maximum atomic E-state index is 13.1. The third-order valence-corrected chi connectivity index (χ3v) is 5.11. The van der Waals surface area contributed by atoms with Gasteiger partial charge in [0.15, 0.2) is 12.7 Å². The molecule has 0 spiro atoms. The van der Waals surface area contributed by atoms with Gasteiger partial charge in [0.2, 0.25) is 5.78 Å². The highest BCUT2D eigenvalue weighted by atomic mass is 35.5. The molecule has 0 heterocycles. The average molecular weight is 423 g/mol. The van der Waals surface area contributed by atoms with Gasteiger partial charge in [-0.25, -0.2) is 4.79 Å². The van der Waals surface area contributed by atoms with Crippen LogP contribution >= 0.6 is 11.6 Å². The topological polar surface area (TPSA) is 52.6 Å². The van der Waals surface area contributed by atoms with Crippen molar-refractivity contribution < 1.29 is 19.1 Å². The van der Waals surface area contributed by atoms with Crippen LogP contribution in [-0.2, 0) is 9.53 Å². The number of carbonyl (C=O) groups is 2. The molecule has 0 N–H and O–H groups in total. The van der Waals surface area contributed by atoms with Crippen molar-refractivity contribution in [3.63, 3.8) is 0 Å². The van der Waals surface area contributed by atoms with E-state index in [1.165, 1.54) is 0 Å². The van der Waals surface area contributed by atoms with Crippen LogP contribution in [0.4, 0.5) is 0 Å². The predicted molar refractivity (Wildman–Crippen MR) is 117 cm³/mol. The first-order valence-corrected chi connectivity index (χ1v) is 9.97. The van der Waals surface area contributed by atoms with E-state index in [9.17, 15) is 9.59 Å². The predicted octanol–water partition coefficient (Wildman–Crippen LogP) is 5.81. The Bertz CT molecular complexity index is 1040. The van der Waals surface area contributed by atoms with E-state index in [-0.39, 0.29) is 12.4 Å². The molecule has 0 fully saturated rings. The van der Waals surface area contributed by atoms with Gasteiger partial charge in [0.25, 0.3) is 0 Å². The fourth-order valence-electron chi connectivity index (χ4n) is 2.90. The molecule has 0 aromatic heterocycles. The van der Waals surface area contributed by atoms with Gasteiger partial charge in [0.05, 0.1) is 0 Å². The Kier molecular flexibility index (Phi) is 6.91. The van der Waals surface area contributed by atoms with Crippen molar-refractivity contribution in [2.24, 2.45) is 0 Å². The van der Waals surface area contributed by atoms with E-state index in [0.29, 0.717) is 21.9 Å². The van der Waals surface area contributed by atoms with Crippen molar-refractivity contribution in [1.29, 1.82) is 0 Å². The summed E-state index contributed by atoms with van der Waals surface area (Å²) < 4.78 is 11.1. The molecule has 0 aliphatic carbocycles. The summed E-state index contributed by atoms with van der Waals surface area (Å²) in [6, 6.07) is 19.7. The second kappa shape index (κ2) is 9.59. The van der Waals surface area contributed by atoms with E-state index < -0.39 is 12.1 Å². The first-order chi connectivity index (χ1) is 14.3. The number of hydrogen-bond acceptors (Lipinski definition) is 4. The second-order valence-corrected chi connectivity index (χ2v) is 7.62. The highest BCUT2D eigenvalue weighted by Gasteiger charge is 2.26. The van der Waals surface area contributed by atoms with Crippen LogP contribution in [0.5, 0.6) is 5.75 Å². The summed E-state index contributed by atoms with van der Waals surface area (Å²) in [4.78, 5) is 25.6. The molecular weight excluding hydrogens is 400 g/mol. The lowest BCUT2D eigenvalue weighted by Gasteiger charge is -2.18. The fraction of sp³-hybridized carbons (Fsp3) is 0.200. The summed E-state index contributed by atoms with van der Waals surface area (Å²) in [5.74, 6) is -0.409. The molecule has 1 atom stereocenters. The lowest BCUT2D eigenvalue weighted by atomic mass is 9.98. The van der Waals surface area contributed by atoms with Crippen molar-refractivity contribution in [1.82, 2.24) is 0 Å². The summed E-state index contributed by atoms with van der Waals surface area (Å²) in [5.41, 5.74) is 4.03. The smallest absolute Gasteiger partial charge is 0.345 e. The van der Waals surface area contributed by atoms with Crippen molar-refractivity contribution in [2.75, 3.05) is 6.61 Å². The fourth-order valence-corrected chi connectivity index (χ4v) is 3.02. The van der Waals surface area contributed by atoms with Crippen LogP contribution in [0.15, 0.2) is 66.7 Å². The Morgan fingerprint density at radius 1 is 0.867 bits per heavy atom. The van der Waals surface area contributed by atoms with Gasteiger partial charge < -0.3 is 9.47 Å². The minimum Gasteiger partial charge on any atom is -0.482 e. The lowest BCUT2D eigenvalue weighted by molar-refractivity contribution is -0.149. The van der Waals surface area contributed by atoms with E-state index in [2.05, 4.69) is 0 Å². The highest BCUT2D eigenvalue weighted by Crippen LogP contribution is 2.25. The highest BCUT2D eigenvalue weighted by molar-refractivity contribution is 6.31. The van der Waals surface area contributed by atoms with Gasteiger partial charge in [-0.3, -0.25) is 4.79 Å². The van der Waals surface area contributed by atoms with Crippen LogP contribution in [0.1, 0.15) is 38.7 Å². The zero-order valence-corrected chi connectivity index (χ0v) is 17.9. The molecule has 0 unspecified atom stereocenters. The monoisotopic (exact) mass is 422 g/mol. The van der Waals surface area contributed by atoms with E-state index in [4.69, 9.17) is 21.1 Å². The third kappa shape index (κ3) is 5.49. The number of aryl methyl sites for hydroxylation is 3. The molecule has 0 saturated heterocycles. The molecule has 4 nitrogen and oxygen atoms in total. The van der Waals surface area contributed by atoms with E-state index in [1.54, 1.807) is 42.5 Å². The number of Topliss-reactive ketones (excluding diaryl/α,β-unsaturated/α-hetero) is 1. The standard InChI is InChI=1S/C25H23ClO4/c1-16-4-8-19(9-5-16)24(28)25(20-10-6-17(2)7-11-20)30-23(27)15-29-21-12-13-22(26)18(3)14-21/h4-14,25H,15H2,1-3H3/t25-/m0/s1. The van der Waals surface area contributed by atoms with Crippen LogP contribution in [0.25, 0.3) is 0 Å². The number of benzene rings is 3. The van der Waals surface area contributed by atoms with Gasteiger partial charge in [-0.2, -0.15) is 0 Å². The summed E-state index contributed by atoms with van der Waals surface area (Å²) in [6.07, 6.45) is -1.05. The molecule has 3 aromatic carbocycles. The zero-order valence-electron chi connectivity index (χ0n) is 17.1. The average Bonchev–Trinajstić information content (AvgIpc) is 2.74. The van der Waals surface area contributed by atoms with Gasteiger partial charge in [-0.05, 0) is 44.5 Å². The van der Waals surface area contributed by atoms with E-state index in [1.807, 2.05) is 45.0 Å². The number of ether oxygens (including phenoxy) is 2. The molecule has 5 heteroatoms. The Morgan fingerprint density at radius 2 is 1.47 bits per heavy atom. The van der Waals surface area contributed by atoms with Crippen molar-refractivity contribution in [3.8, 4) is 5.75 Å². The van der Waals surface area contributed by atoms with Crippen LogP contribution < -0.4 is 4.74 Å². The number of halogens is 1. The van der Waals surface area contributed by atoms with Crippen LogP contribution in [-0.4, -0.2) is 18.4 Å². The maximum absolute atomic E-state index is 13.1. The quantitative estimate of drug-likeness (QED) is 0.356. The molecule has 30 heavy (non-hydrogen) atoms. The van der Waals surface area contributed by atoms with E-state index >= 15 is 0 Å². The number of ketones is 1. The Balaban J connectivity index is 1.76. The number of carbonyl (C=O) groups excluding carboxylic acids is 2. The van der Waals surface area contributed by atoms with Crippen molar-refractivity contribution in [2.45, 2.75) is 26.9 Å². The van der Waals surface area contributed by atoms with Crippen molar-refractivity contribution >= 4 is 23.4 Å². The summed E-state index contributed by atoms with van der Waals surface area (Å²) >= 11 is 6.01. The summed E-state index contributed by atoms with van der Waals surface area (Å²) in [5, 5.41) is 0.619. The van der Waals surface area contributed by atoms with Gasteiger partial charge in [0.1, 0.15) is 5.75 Å². The van der Waals surface area contributed by atoms with Gasteiger partial charge in [-0.15, -0.1) is 0 Å². The first-order valence-electron chi connectivity index (χ1n) is 9.59. The largest absolute Gasteiger partial charge is 0.482 e. The Hall–Kier alpha value is -3.11. The first kappa shape index (κ1) is 21.6.